The van der Waals surface area contributed by atoms with Crippen molar-refractivity contribution in [3.63, 3.8) is 0 Å². The summed E-state index contributed by atoms with van der Waals surface area (Å²) in [6.45, 7) is 6.60. The molecule has 2 atom stereocenters. The van der Waals surface area contributed by atoms with Crippen LogP contribution in [0.15, 0.2) is 48.8 Å². The number of hydrogen-bond donors (Lipinski definition) is 0. The summed E-state index contributed by atoms with van der Waals surface area (Å²) in [4.78, 5) is 31.3. The first-order valence-electron chi connectivity index (χ1n) is 16.3. The lowest BCUT2D eigenvalue weighted by atomic mass is 9.69. The number of benzene rings is 2. The van der Waals surface area contributed by atoms with Crippen molar-refractivity contribution in [1.29, 1.82) is 5.26 Å². The lowest BCUT2D eigenvalue weighted by Gasteiger charge is -2.55. The molecule has 4 aliphatic rings. The summed E-state index contributed by atoms with van der Waals surface area (Å²) < 4.78 is 20.3. The molecular formula is C35H39ClFN7O2. The van der Waals surface area contributed by atoms with Crippen LogP contribution < -0.4 is 14.5 Å². The first-order valence-corrected chi connectivity index (χ1v) is 16.6. The van der Waals surface area contributed by atoms with E-state index in [2.05, 4.69) is 58.7 Å². The van der Waals surface area contributed by atoms with Crippen LogP contribution in [-0.2, 0) is 16.8 Å². The minimum atomic E-state index is -1.01. The number of aromatic nitrogens is 2. The van der Waals surface area contributed by atoms with Gasteiger partial charge in [0.2, 0.25) is 0 Å². The molecule has 3 aromatic rings. The van der Waals surface area contributed by atoms with Gasteiger partial charge in [0.15, 0.2) is 5.83 Å². The van der Waals surface area contributed by atoms with Crippen LogP contribution in [0.4, 0.5) is 15.9 Å². The molecule has 1 amide bonds. The SMILES string of the molecule is C=C(F)C(=O)N1CCN(c2nc(OC[C@@H]3CCCN3C)nc3c2CCN(c2cccc4cccc(Cl)c24)C32CCC2)C[C@@H]1CC#N. The van der Waals surface area contributed by atoms with Gasteiger partial charge in [-0.15, -0.1) is 0 Å². The molecule has 0 N–H and O–H groups in total. The van der Waals surface area contributed by atoms with E-state index in [-0.39, 0.29) is 18.5 Å². The molecule has 1 aromatic heterocycles. The van der Waals surface area contributed by atoms with E-state index in [1.165, 1.54) is 4.90 Å². The number of anilines is 2. The van der Waals surface area contributed by atoms with Crippen LogP contribution in [0.3, 0.4) is 0 Å². The number of amides is 1. The molecule has 3 aliphatic heterocycles. The lowest BCUT2D eigenvalue weighted by Crippen LogP contribution is -2.58. The fraction of sp³-hybridized carbons (Fsp3) is 0.486. The number of halogens is 2. The summed E-state index contributed by atoms with van der Waals surface area (Å²) in [5.41, 5.74) is 2.84. The number of likely N-dealkylation sites (tertiary alicyclic amines) is 1. The smallest absolute Gasteiger partial charge is 0.318 e. The average Bonchev–Trinajstić information content (AvgIpc) is 3.45. The molecule has 4 heterocycles. The molecule has 0 radical (unpaired) electrons. The molecule has 9 nitrogen and oxygen atoms in total. The van der Waals surface area contributed by atoms with E-state index in [1.54, 1.807) is 0 Å². The van der Waals surface area contributed by atoms with E-state index < -0.39 is 17.8 Å². The maximum Gasteiger partial charge on any atom is 0.318 e. The van der Waals surface area contributed by atoms with Gasteiger partial charge in [0, 0.05) is 48.9 Å². The molecule has 2 aromatic carbocycles. The van der Waals surface area contributed by atoms with Crippen LogP contribution in [0, 0.1) is 11.3 Å². The normalized spacial score (nSPS) is 22.4. The standard InChI is InChI=1S/C35H39ClFN7O2/c1-23(37)33(45)43-20-19-42(21-25(43)12-16-38)32-27-13-18-44(29-11-4-8-24-7-3-10-28(36)30(24)29)35(14-6-15-35)31(27)39-34(40-32)46-22-26-9-5-17-41(26)2/h3-4,7-8,10-11,25-26H,1,5-6,9,12-15,17-22H2,2H3/t25-,26-/m0/s1. The predicted molar refractivity (Wildman–Crippen MR) is 177 cm³/mol. The van der Waals surface area contributed by atoms with E-state index in [4.69, 9.17) is 26.3 Å². The first kappa shape index (κ1) is 30.7. The van der Waals surface area contributed by atoms with Crippen LogP contribution in [-0.4, -0.2) is 84.1 Å². The number of nitriles is 1. The van der Waals surface area contributed by atoms with Crippen LogP contribution in [0.25, 0.3) is 10.8 Å². The monoisotopic (exact) mass is 643 g/mol. The molecule has 2 saturated heterocycles. The fourth-order valence-corrected chi connectivity index (χ4v) is 8.22. The third kappa shape index (κ3) is 5.23. The van der Waals surface area contributed by atoms with Crippen molar-refractivity contribution in [1.82, 2.24) is 19.8 Å². The van der Waals surface area contributed by atoms with Crippen LogP contribution in [0.5, 0.6) is 6.01 Å². The van der Waals surface area contributed by atoms with Gasteiger partial charge in [0.1, 0.15) is 12.4 Å². The van der Waals surface area contributed by atoms with E-state index >= 15 is 0 Å². The quantitative estimate of drug-likeness (QED) is 0.307. The van der Waals surface area contributed by atoms with E-state index in [0.717, 1.165) is 83.8 Å². The topological polar surface area (TPSA) is 88.8 Å². The zero-order valence-corrected chi connectivity index (χ0v) is 27.0. The third-order valence-electron chi connectivity index (χ3n) is 10.5. The molecule has 1 aliphatic carbocycles. The number of carbonyl (C=O) groups excluding carboxylic acids is 1. The summed E-state index contributed by atoms with van der Waals surface area (Å²) in [6.07, 6.45) is 5.97. The van der Waals surface area contributed by atoms with Crippen molar-refractivity contribution < 1.29 is 13.9 Å². The van der Waals surface area contributed by atoms with Gasteiger partial charge in [0.05, 0.1) is 34.8 Å². The Labute approximate surface area is 274 Å². The number of ether oxygens (including phenoxy) is 1. The summed E-state index contributed by atoms with van der Waals surface area (Å²) in [5, 5.41) is 12.5. The van der Waals surface area contributed by atoms with Crippen molar-refractivity contribution >= 4 is 39.8 Å². The van der Waals surface area contributed by atoms with Crippen molar-refractivity contribution in [2.45, 2.75) is 62.6 Å². The van der Waals surface area contributed by atoms with Gasteiger partial charge in [-0.25, -0.2) is 4.39 Å². The maximum absolute atomic E-state index is 13.9. The second kappa shape index (κ2) is 12.3. The molecule has 3 fully saturated rings. The number of likely N-dealkylation sites (N-methyl/N-ethyl adjacent to an activating group) is 1. The number of carbonyl (C=O) groups is 1. The van der Waals surface area contributed by atoms with Gasteiger partial charge in [-0.05, 0) is 69.6 Å². The highest BCUT2D eigenvalue weighted by Gasteiger charge is 2.51. The molecule has 0 unspecified atom stereocenters. The molecule has 46 heavy (non-hydrogen) atoms. The van der Waals surface area contributed by atoms with E-state index in [1.807, 2.05) is 12.1 Å². The highest BCUT2D eigenvalue weighted by Crippen LogP contribution is 2.54. The Morgan fingerprint density at radius 2 is 1.93 bits per heavy atom. The molecular weight excluding hydrogens is 605 g/mol. The second-order valence-electron chi connectivity index (χ2n) is 13.0. The Morgan fingerprint density at radius 1 is 1.13 bits per heavy atom. The van der Waals surface area contributed by atoms with Crippen LogP contribution in [0.2, 0.25) is 5.02 Å². The zero-order valence-electron chi connectivity index (χ0n) is 26.2. The van der Waals surface area contributed by atoms with Gasteiger partial charge in [-0.1, -0.05) is 42.4 Å². The molecule has 11 heteroatoms. The minimum absolute atomic E-state index is 0.0831. The number of hydrogen-bond acceptors (Lipinski definition) is 8. The number of rotatable bonds is 7. The molecule has 0 bridgehead atoms. The second-order valence-corrected chi connectivity index (χ2v) is 13.4. The highest BCUT2D eigenvalue weighted by atomic mass is 35.5. The van der Waals surface area contributed by atoms with Crippen molar-refractivity contribution in [2.24, 2.45) is 0 Å². The first-order chi connectivity index (χ1) is 22.3. The van der Waals surface area contributed by atoms with Crippen molar-refractivity contribution in [3.05, 3.63) is 65.1 Å². The average molecular weight is 644 g/mol. The maximum atomic E-state index is 13.9. The summed E-state index contributed by atoms with van der Waals surface area (Å²) >= 11 is 6.83. The summed E-state index contributed by atoms with van der Waals surface area (Å²) in [6, 6.07) is 14.7. The van der Waals surface area contributed by atoms with Gasteiger partial charge in [0.25, 0.3) is 5.91 Å². The summed E-state index contributed by atoms with van der Waals surface area (Å²) in [7, 11) is 2.12. The predicted octanol–water partition coefficient (Wildman–Crippen LogP) is 5.61. The van der Waals surface area contributed by atoms with Crippen molar-refractivity contribution in [2.75, 3.05) is 56.2 Å². The van der Waals surface area contributed by atoms with Crippen LogP contribution >= 0.6 is 11.6 Å². The number of fused-ring (bicyclic) bond motifs is 3. The van der Waals surface area contributed by atoms with Crippen LogP contribution in [0.1, 0.15) is 49.8 Å². The van der Waals surface area contributed by atoms with E-state index in [0.29, 0.717) is 38.2 Å². The van der Waals surface area contributed by atoms with Gasteiger partial charge in [-0.3, -0.25) is 4.79 Å². The third-order valence-corrected chi connectivity index (χ3v) is 10.8. The van der Waals surface area contributed by atoms with E-state index in [9.17, 15) is 14.4 Å². The Balaban J connectivity index is 1.30. The molecule has 1 saturated carbocycles. The highest BCUT2D eigenvalue weighted by molar-refractivity contribution is 6.36. The lowest BCUT2D eigenvalue weighted by molar-refractivity contribution is -0.131. The van der Waals surface area contributed by atoms with Gasteiger partial charge < -0.3 is 24.3 Å². The molecule has 240 valence electrons. The Kier molecular flexibility index (Phi) is 8.24. The Morgan fingerprint density at radius 3 is 2.63 bits per heavy atom. The van der Waals surface area contributed by atoms with Crippen molar-refractivity contribution in [3.8, 4) is 12.1 Å². The minimum Gasteiger partial charge on any atom is -0.462 e. The zero-order chi connectivity index (χ0) is 32.0. The Bertz CT molecular complexity index is 1720. The number of piperazine rings is 1. The Hall–Kier alpha value is -3.94. The number of nitrogens with zero attached hydrogens (tertiary/aromatic N) is 7. The fourth-order valence-electron chi connectivity index (χ4n) is 7.94. The van der Waals surface area contributed by atoms with Gasteiger partial charge >= 0.3 is 6.01 Å². The molecule has 7 rings (SSSR count). The summed E-state index contributed by atoms with van der Waals surface area (Å²) in [5.74, 6) is -0.980. The largest absolute Gasteiger partial charge is 0.462 e. The van der Waals surface area contributed by atoms with Gasteiger partial charge in [-0.2, -0.15) is 15.2 Å². The molecule has 1 spiro atoms.